The number of carbonyl (C=O) groups excluding carboxylic acids is 1. The molecule has 0 aliphatic carbocycles. The molecule has 1 amide bonds. The first-order chi connectivity index (χ1) is 12.2. The maximum absolute atomic E-state index is 12.2. The Balaban J connectivity index is 1.63. The molecule has 0 saturated carbocycles. The van der Waals surface area contributed by atoms with E-state index in [0.29, 0.717) is 6.54 Å². The lowest BCUT2D eigenvalue weighted by Crippen LogP contribution is -2.66. The summed E-state index contributed by atoms with van der Waals surface area (Å²) in [5.74, 6) is 0.771. The fourth-order valence-electron chi connectivity index (χ4n) is 3.58. The quantitative estimate of drug-likeness (QED) is 0.746. The van der Waals surface area contributed by atoms with Crippen LogP contribution in [0, 0.1) is 0 Å². The molecule has 0 bridgehead atoms. The van der Waals surface area contributed by atoms with E-state index in [1.165, 1.54) is 0 Å². The largest absolute Gasteiger partial charge is 0.368 e. The number of primary amides is 1. The summed E-state index contributed by atoms with van der Waals surface area (Å²) in [6, 6.07) is 0. The number of aryl methyl sites for hydroxylation is 2. The highest BCUT2D eigenvalue weighted by atomic mass is 16.1. The van der Waals surface area contributed by atoms with Gasteiger partial charge in [-0.3, -0.25) is 19.7 Å². The first kappa shape index (κ1) is 17.5. The first-order valence-corrected chi connectivity index (χ1v) is 8.95. The highest BCUT2D eigenvalue weighted by Crippen LogP contribution is 2.36. The highest BCUT2D eigenvalue weighted by Gasteiger charge is 2.49. The molecule has 1 fully saturated rings. The van der Waals surface area contributed by atoms with Crippen molar-refractivity contribution in [3.05, 3.63) is 42.5 Å². The van der Waals surface area contributed by atoms with Gasteiger partial charge in [0, 0.05) is 44.1 Å². The van der Waals surface area contributed by atoms with Gasteiger partial charge < -0.3 is 10.3 Å². The molecule has 0 radical (unpaired) electrons. The second kappa shape index (κ2) is 7.74. The van der Waals surface area contributed by atoms with E-state index in [9.17, 15) is 4.79 Å². The zero-order chi connectivity index (χ0) is 17.7. The molecular weight excluding hydrogens is 316 g/mol. The molecule has 3 heterocycles. The van der Waals surface area contributed by atoms with Gasteiger partial charge in [0.25, 0.3) is 0 Å². The van der Waals surface area contributed by atoms with Crippen molar-refractivity contribution in [2.24, 2.45) is 5.73 Å². The Labute approximate surface area is 148 Å². The first-order valence-electron chi connectivity index (χ1n) is 8.95. The third-order valence-electron chi connectivity index (χ3n) is 5.10. The fraction of sp³-hybridized carbons (Fsp3) is 0.556. The van der Waals surface area contributed by atoms with Crippen molar-refractivity contribution in [2.75, 3.05) is 6.54 Å². The third-order valence-corrected chi connectivity index (χ3v) is 5.10. The zero-order valence-electron chi connectivity index (χ0n) is 14.8. The summed E-state index contributed by atoms with van der Waals surface area (Å²) in [4.78, 5) is 27.2. The van der Waals surface area contributed by atoms with Crippen LogP contribution in [0.15, 0.2) is 31.0 Å². The number of nitrogens with two attached hydrogens (primary N) is 1. The number of likely N-dealkylation sites (tertiary alicyclic amines) is 1. The minimum atomic E-state index is -0.550. The molecule has 1 atom stereocenters. The molecule has 0 unspecified atom stereocenters. The lowest BCUT2D eigenvalue weighted by atomic mass is 9.79. The number of hydrogen-bond acceptors (Lipinski definition) is 5. The van der Waals surface area contributed by atoms with E-state index in [1.54, 1.807) is 18.6 Å². The molecule has 0 aromatic carbocycles. The number of rotatable bonds is 9. The van der Waals surface area contributed by atoms with Crippen LogP contribution in [-0.2, 0) is 24.3 Å². The molecule has 134 valence electrons. The number of amides is 1. The Bertz CT molecular complexity index is 701. The Kier molecular flexibility index (Phi) is 5.43. The van der Waals surface area contributed by atoms with Gasteiger partial charge in [-0.05, 0) is 32.1 Å². The van der Waals surface area contributed by atoms with Crippen LogP contribution < -0.4 is 5.73 Å². The van der Waals surface area contributed by atoms with Gasteiger partial charge in [0.05, 0.1) is 12.2 Å². The van der Waals surface area contributed by atoms with Gasteiger partial charge >= 0.3 is 0 Å². The molecule has 0 spiro atoms. The van der Waals surface area contributed by atoms with Crippen molar-refractivity contribution < 1.29 is 4.79 Å². The molecule has 1 aliphatic heterocycles. The standard InChI is InChI=1S/C18H26N6O/c1-2-10-23-12-9-22-16(23)14-24-11-6-18(24,17(19)25)5-3-4-15-13-20-7-8-21-15/h7-9,12-13H,2-6,10-11,14H2,1H3,(H2,19,25)/t18-/m0/s1. The van der Waals surface area contributed by atoms with Crippen molar-refractivity contribution in [1.82, 2.24) is 24.4 Å². The summed E-state index contributed by atoms with van der Waals surface area (Å²) in [6.07, 6.45) is 13.2. The molecule has 2 N–H and O–H groups in total. The summed E-state index contributed by atoms with van der Waals surface area (Å²) in [6.45, 7) is 4.64. The number of carbonyl (C=O) groups is 1. The van der Waals surface area contributed by atoms with Gasteiger partial charge in [0.15, 0.2) is 0 Å². The molecule has 7 heteroatoms. The minimum absolute atomic E-state index is 0.230. The van der Waals surface area contributed by atoms with Crippen molar-refractivity contribution >= 4 is 5.91 Å². The number of imidazole rings is 1. The summed E-state index contributed by atoms with van der Waals surface area (Å²) in [7, 11) is 0. The Morgan fingerprint density at radius 3 is 2.84 bits per heavy atom. The van der Waals surface area contributed by atoms with Crippen molar-refractivity contribution in [1.29, 1.82) is 0 Å². The van der Waals surface area contributed by atoms with Crippen molar-refractivity contribution in [3.63, 3.8) is 0 Å². The summed E-state index contributed by atoms with van der Waals surface area (Å²) in [5.41, 5.74) is 6.19. The molecule has 2 aromatic heterocycles. The van der Waals surface area contributed by atoms with Gasteiger partial charge in [0.1, 0.15) is 11.4 Å². The predicted molar refractivity (Wildman–Crippen MR) is 94.4 cm³/mol. The second-order valence-electron chi connectivity index (χ2n) is 6.65. The van der Waals surface area contributed by atoms with Crippen molar-refractivity contribution in [2.45, 2.75) is 57.7 Å². The van der Waals surface area contributed by atoms with Crippen LogP contribution in [0.3, 0.4) is 0 Å². The smallest absolute Gasteiger partial charge is 0.238 e. The minimum Gasteiger partial charge on any atom is -0.368 e. The molecule has 3 rings (SSSR count). The van der Waals surface area contributed by atoms with Crippen LogP contribution in [0.2, 0.25) is 0 Å². The SMILES string of the molecule is CCCn1ccnc1CN1CC[C@@]1(CCCc1cnccn1)C(N)=O. The maximum Gasteiger partial charge on any atom is 0.238 e. The normalized spacial score (nSPS) is 20.4. The van der Waals surface area contributed by atoms with Crippen LogP contribution in [0.4, 0.5) is 0 Å². The van der Waals surface area contributed by atoms with E-state index >= 15 is 0 Å². The highest BCUT2D eigenvalue weighted by molar-refractivity contribution is 5.85. The average Bonchev–Trinajstić information content (AvgIpc) is 3.03. The van der Waals surface area contributed by atoms with E-state index < -0.39 is 5.54 Å². The Morgan fingerprint density at radius 1 is 1.32 bits per heavy atom. The maximum atomic E-state index is 12.2. The van der Waals surface area contributed by atoms with Gasteiger partial charge in [0.2, 0.25) is 5.91 Å². The topological polar surface area (TPSA) is 89.9 Å². The fourth-order valence-corrected chi connectivity index (χ4v) is 3.58. The van der Waals surface area contributed by atoms with Crippen LogP contribution in [-0.4, -0.2) is 42.4 Å². The van der Waals surface area contributed by atoms with Crippen LogP contribution in [0.1, 0.15) is 44.1 Å². The summed E-state index contributed by atoms with van der Waals surface area (Å²) in [5, 5.41) is 0. The average molecular weight is 342 g/mol. The van der Waals surface area contributed by atoms with E-state index in [-0.39, 0.29) is 5.91 Å². The molecule has 2 aromatic rings. The van der Waals surface area contributed by atoms with E-state index in [4.69, 9.17) is 5.73 Å². The number of hydrogen-bond donors (Lipinski definition) is 1. The second-order valence-corrected chi connectivity index (χ2v) is 6.65. The Hall–Kier alpha value is -2.28. The lowest BCUT2D eigenvalue weighted by molar-refractivity contribution is -0.141. The van der Waals surface area contributed by atoms with Crippen LogP contribution in [0.5, 0.6) is 0 Å². The molecule has 1 aliphatic rings. The number of aromatic nitrogens is 4. The third kappa shape index (κ3) is 3.71. The van der Waals surface area contributed by atoms with Crippen LogP contribution in [0.25, 0.3) is 0 Å². The van der Waals surface area contributed by atoms with Gasteiger partial charge in [-0.15, -0.1) is 0 Å². The molecule has 25 heavy (non-hydrogen) atoms. The van der Waals surface area contributed by atoms with Crippen molar-refractivity contribution in [3.8, 4) is 0 Å². The monoisotopic (exact) mass is 342 g/mol. The Morgan fingerprint density at radius 2 is 2.20 bits per heavy atom. The summed E-state index contributed by atoms with van der Waals surface area (Å²) < 4.78 is 2.16. The van der Waals surface area contributed by atoms with Gasteiger partial charge in [-0.1, -0.05) is 6.92 Å². The predicted octanol–water partition coefficient (Wildman–Crippen LogP) is 1.54. The summed E-state index contributed by atoms with van der Waals surface area (Å²) >= 11 is 0. The van der Waals surface area contributed by atoms with E-state index in [2.05, 4.69) is 31.3 Å². The zero-order valence-corrected chi connectivity index (χ0v) is 14.8. The molecular formula is C18H26N6O. The van der Waals surface area contributed by atoms with Gasteiger partial charge in [-0.2, -0.15) is 0 Å². The van der Waals surface area contributed by atoms with Gasteiger partial charge in [-0.25, -0.2) is 4.98 Å². The molecule has 1 saturated heterocycles. The van der Waals surface area contributed by atoms with E-state index in [1.807, 2.05) is 12.4 Å². The van der Waals surface area contributed by atoms with E-state index in [0.717, 1.165) is 56.7 Å². The lowest BCUT2D eigenvalue weighted by Gasteiger charge is -2.50. The number of nitrogens with zero attached hydrogens (tertiary/aromatic N) is 5. The molecule has 7 nitrogen and oxygen atoms in total. The van der Waals surface area contributed by atoms with Crippen LogP contribution >= 0.6 is 0 Å².